The summed E-state index contributed by atoms with van der Waals surface area (Å²) in [7, 11) is 0. The highest BCUT2D eigenvalue weighted by atomic mass is 16.4. The van der Waals surface area contributed by atoms with E-state index in [1.165, 1.54) is 6.92 Å². The second-order valence-corrected chi connectivity index (χ2v) is 6.74. The van der Waals surface area contributed by atoms with Crippen LogP contribution in [0, 0.1) is 13.8 Å². The van der Waals surface area contributed by atoms with Gasteiger partial charge < -0.3 is 9.67 Å². The molecule has 4 rings (SSSR count). The molecule has 0 aliphatic heterocycles. The van der Waals surface area contributed by atoms with Crippen molar-refractivity contribution >= 4 is 28.3 Å². The molecule has 1 aromatic carbocycles. The van der Waals surface area contributed by atoms with Crippen LogP contribution in [0.4, 0.5) is 0 Å². The minimum absolute atomic E-state index is 0.100. The van der Waals surface area contributed by atoms with Crippen LogP contribution in [-0.4, -0.2) is 36.0 Å². The molecule has 0 unspecified atom stereocenters. The lowest BCUT2D eigenvalue weighted by Crippen LogP contribution is -2.08. The molecule has 0 bridgehead atoms. The van der Waals surface area contributed by atoms with Crippen LogP contribution in [0.25, 0.3) is 27.7 Å². The number of carboxylic acid groups (broad SMARTS) is 1. The van der Waals surface area contributed by atoms with E-state index in [9.17, 15) is 14.7 Å². The van der Waals surface area contributed by atoms with Gasteiger partial charge in [-0.2, -0.15) is 5.10 Å². The van der Waals surface area contributed by atoms with Gasteiger partial charge in [0.05, 0.1) is 11.2 Å². The molecule has 4 aromatic rings. The molecule has 136 valence electrons. The second-order valence-electron chi connectivity index (χ2n) is 6.74. The third-order valence-corrected chi connectivity index (χ3v) is 4.62. The lowest BCUT2D eigenvalue weighted by atomic mass is 10.0. The number of aryl methyl sites for hydroxylation is 2. The van der Waals surface area contributed by atoms with Crippen molar-refractivity contribution in [1.82, 2.24) is 19.2 Å². The zero-order chi connectivity index (χ0) is 19.3. The maximum absolute atomic E-state index is 12.1. The Balaban J connectivity index is 1.95. The van der Waals surface area contributed by atoms with Gasteiger partial charge in [0.1, 0.15) is 6.54 Å². The first-order chi connectivity index (χ1) is 12.8. The van der Waals surface area contributed by atoms with Crippen molar-refractivity contribution in [2.45, 2.75) is 27.3 Å². The normalized spacial score (nSPS) is 11.4. The van der Waals surface area contributed by atoms with Crippen molar-refractivity contribution in [2.24, 2.45) is 0 Å². The molecule has 0 atom stereocenters. The molecular weight excluding hydrogens is 344 g/mol. The van der Waals surface area contributed by atoms with E-state index in [1.54, 1.807) is 21.5 Å². The van der Waals surface area contributed by atoms with Gasteiger partial charge in [0, 0.05) is 41.2 Å². The number of fused-ring (bicyclic) bond motifs is 2. The molecule has 0 radical (unpaired) electrons. The van der Waals surface area contributed by atoms with Crippen molar-refractivity contribution in [2.75, 3.05) is 0 Å². The fourth-order valence-corrected chi connectivity index (χ4v) is 3.52. The van der Waals surface area contributed by atoms with E-state index in [0.717, 1.165) is 38.9 Å². The van der Waals surface area contributed by atoms with Crippen molar-refractivity contribution in [1.29, 1.82) is 0 Å². The van der Waals surface area contributed by atoms with Crippen LogP contribution >= 0.6 is 0 Å². The largest absolute Gasteiger partial charge is 0.480 e. The fourth-order valence-electron chi connectivity index (χ4n) is 3.52. The van der Waals surface area contributed by atoms with Gasteiger partial charge in [-0.15, -0.1) is 0 Å². The molecule has 0 spiro atoms. The number of nitrogens with zero attached hydrogens (tertiary/aromatic N) is 4. The first-order valence-corrected chi connectivity index (χ1v) is 8.52. The van der Waals surface area contributed by atoms with Crippen LogP contribution in [0.15, 0.2) is 36.8 Å². The topological polar surface area (TPSA) is 89.5 Å². The van der Waals surface area contributed by atoms with E-state index in [2.05, 4.69) is 10.1 Å². The highest BCUT2D eigenvalue weighted by molar-refractivity contribution is 6.08. The number of aromatic nitrogens is 4. The number of aliphatic carboxylic acids is 1. The smallest absolute Gasteiger partial charge is 0.323 e. The number of benzene rings is 1. The van der Waals surface area contributed by atoms with Crippen molar-refractivity contribution < 1.29 is 14.7 Å². The van der Waals surface area contributed by atoms with E-state index >= 15 is 0 Å². The van der Waals surface area contributed by atoms with Gasteiger partial charge in [-0.1, -0.05) is 0 Å². The van der Waals surface area contributed by atoms with Crippen molar-refractivity contribution in [3.63, 3.8) is 0 Å². The molecular formula is C20H18N4O3. The summed E-state index contributed by atoms with van der Waals surface area (Å²) in [6, 6.07) is 5.79. The molecule has 0 amide bonds. The van der Waals surface area contributed by atoms with Gasteiger partial charge in [-0.25, -0.2) is 9.50 Å². The maximum Gasteiger partial charge on any atom is 0.323 e. The average Bonchev–Trinajstić information content (AvgIpc) is 3.13. The summed E-state index contributed by atoms with van der Waals surface area (Å²) in [5.41, 5.74) is 5.60. The summed E-state index contributed by atoms with van der Waals surface area (Å²) < 4.78 is 3.34. The van der Waals surface area contributed by atoms with Gasteiger partial charge in [0.25, 0.3) is 0 Å². The number of ketones is 1. The Bertz CT molecular complexity index is 1230. The Morgan fingerprint density at radius 1 is 1.11 bits per heavy atom. The number of carbonyl (C=O) groups excluding carboxylic acids is 1. The molecule has 7 nitrogen and oxygen atoms in total. The van der Waals surface area contributed by atoms with Crippen molar-refractivity contribution in [3.05, 3.63) is 53.6 Å². The van der Waals surface area contributed by atoms with Gasteiger partial charge >= 0.3 is 5.97 Å². The monoisotopic (exact) mass is 362 g/mol. The number of rotatable bonds is 4. The third kappa shape index (κ3) is 2.87. The number of carboxylic acids is 1. The Kier molecular flexibility index (Phi) is 3.80. The molecule has 0 aliphatic rings. The second kappa shape index (κ2) is 6.05. The molecule has 3 aromatic heterocycles. The summed E-state index contributed by atoms with van der Waals surface area (Å²) in [6.07, 6.45) is 5.30. The van der Waals surface area contributed by atoms with Crippen LogP contribution in [0.2, 0.25) is 0 Å². The minimum Gasteiger partial charge on any atom is -0.480 e. The summed E-state index contributed by atoms with van der Waals surface area (Å²) >= 11 is 0. The highest BCUT2D eigenvalue weighted by Gasteiger charge is 2.17. The molecule has 0 aliphatic carbocycles. The molecule has 0 saturated heterocycles. The predicted octanol–water partition coefficient (Wildman–Crippen LogP) is 3.26. The summed E-state index contributed by atoms with van der Waals surface area (Å²) in [5, 5.41) is 14.3. The number of hydrogen-bond acceptors (Lipinski definition) is 4. The summed E-state index contributed by atoms with van der Waals surface area (Å²) in [4.78, 5) is 27.7. The molecule has 7 heteroatoms. The van der Waals surface area contributed by atoms with E-state index in [1.807, 2.05) is 38.2 Å². The van der Waals surface area contributed by atoms with E-state index in [4.69, 9.17) is 0 Å². The van der Waals surface area contributed by atoms with Crippen LogP contribution in [-0.2, 0) is 11.3 Å². The molecule has 1 N–H and O–H groups in total. The summed E-state index contributed by atoms with van der Waals surface area (Å²) in [5.74, 6) is -1.05. The van der Waals surface area contributed by atoms with E-state index < -0.39 is 5.97 Å². The maximum atomic E-state index is 12.1. The van der Waals surface area contributed by atoms with Crippen molar-refractivity contribution in [3.8, 4) is 11.1 Å². The number of Topliss-reactive ketones (excluding diaryl/α,β-unsaturated/α-hetero) is 1. The van der Waals surface area contributed by atoms with Gasteiger partial charge in [-0.05, 0) is 44.0 Å². The number of hydrogen-bond donors (Lipinski definition) is 1. The Morgan fingerprint density at radius 3 is 2.59 bits per heavy atom. The molecule has 0 fully saturated rings. The van der Waals surface area contributed by atoms with E-state index in [-0.39, 0.29) is 12.3 Å². The van der Waals surface area contributed by atoms with Gasteiger partial charge in [0.15, 0.2) is 11.4 Å². The van der Waals surface area contributed by atoms with E-state index in [0.29, 0.717) is 5.56 Å². The molecule has 0 saturated carbocycles. The first-order valence-electron chi connectivity index (χ1n) is 8.52. The third-order valence-electron chi connectivity index (χ3n) is 4.62. The standard InChI is InChI=1S/C20H18N4O3/c1-11-4-14(15-7-21-18-5-12(2)22-24(18)8-15)6-16-17(13(3)25)9-23(20(11)16)10-19(26)27/h4-9H,10H2,1-3H3,(H,26,27). The average molecular weight is 362 g/mol. The lowest BCUT2D eigenvalue weighted by Gasteiger charge is -2.08. The molecule has 3 heterocycles. The van der Waals surface area contributed by atoms with Gasteiger partial charge in [0.2, 0.25) is 0 Å². The summed E-state index contributed by atoms with van der Waals surface area (Å²) in [6.45, 7) is 5.12. The molecule has 27 heavy (non-hydrogen) atoms. The van der Waals surface area contributed by atoms with Crippen LogP contribution in [0.5, 0.6) is 0 Å². The van der Waals surface area contributed by atoms with Gasteiger partial charge in [-0.3, -0.25) is 9.59 Å². The Morgan fingerprint density at radius 2 is 1.89 bits per heavy atom. The Hall–Kier alpha value is -3.48. The zero-order valence-electron chi connectivity index (χ0n) is 15.2. The lowest BCUT2D eigenvalue weighted by molar-refractivity contribution is -0.137. The van der Waals surface area contributed by atoms with Crippen LogP contribution in [0.3, 0.4) is 0 Å². The predicted molar refractivity (Wildman–Crippen MR) is 101 cm³/mol. The first kappa shape index (κ1) is 17.0. The van der Waals surface area contributed by atoms with Crippen LogP contribution < -0.4 is 0 Å². The SMILES string of the molecule is CC(=O)c1cn(CC(=O)O)c2c(C)cc(-c3cnc4cc(C)nn4c3)cc12. The minimum atomic E-state index is -0.950. The highest BCUT2D eigenvalue weighted by Crippen LogP contribution is 2.31. The zero-order valence-corrected chi connectivity index (χ0v) is 15.2. The number of carbonyl (C=O) groups is 2. The quantitative estimate of drug-likeness (QED) is 0.563. The fraction of sp³-hybridized carbons (Fsp3) is 0.200. The van der Waals surface area contributed by atoms with Crippen LogP contribution in [0.1, 0.15) is 28.5 Å². The Labute approximate surface area is 154 Å².